The van der Waals surface area contributed by atoms with Crippen LogP contribution in [0, 0.1) is 5.92 Å². The van der Waals surface area contributed by atoms with Crippen LogP contribution in [0.15, 0.2) is 36.9 Å². The molecule has 4 nitrogen and oxygen atoms in total. The Morgan fingerprint density at radius 3 is 2.80 bits per heavy atom. The van der Waals surface area contributed by atoms with Crippen LogP contribution in [-0.2, 0) is 0 Å². The lowest BCUT2D eigenvalue weighted by Crippen LogP contribution is -2.18. The van der Waals surface area contributed by atoms with Crippen LogP contribution in [0.3, 0.4) is 0 Å². The standard InChI is InChI=1S/C16H22N4/c1-13-4-2-5-14(9-8-13)19-15-6-3-7-16(10-15)20-11-17-18-12-20/h3,6-7,10-14,19H,2,4-5,8-9H2,1H3. The summed E-state index contributed by atoms with van der Waals surface area (Å²) in [6.07, 6.45) is 10.1. The Morgan fingerprint density at radius 1 is 1.10 bits per heavy atom. The fraction of sp³-hybridized carbons (Fsp3) is 0.500. The molecule has 0 saturated heterocycles. The van der Waals surface area contributed by atoms with Crippen molar-refractivity contribution in [2.75, 3.05) is 5.32 Å². The molecular weight excluding hydrogens is 248 g/mol. The van der Waals surface area contributed by atoms with Gasteiger partial charge in [0.1, 0.15) is 12.7 Å². The molecule has 2 unspecified atom stereocenters. The van der Waals surface area contributed by atoms with Crippen LogP contribution >= 0.6 is 0 Å². The van der Waals surface area contributed by atoms with Gasteiger partial charge in [0.05, 0.1) is 5.69 Å². The molecule has 1 aliphatic rings. The Balaban J connectivity index is 1.70. The molecule has 2 aromatic rings. The van der Waals surface area contributed by atoms with Crippen LogP contribution in [0.4, 0.5) is 5.69 Å². The number of anilines is 1. The van der Waals surface area contributed by atoms with Gasteiger partial charge in [-0.3, -0.25) is 4.57 Å². The van der Waals surface area contributed by atoms with Gasteiger partial charge in [-0.15, -0.1) is 10.2 Å². The molecule has 20 heavy (non-hydrogen) atoms. The lowest BCUT2D eigenvalue weighted by molar-refractivity contribution is 0.502. The number of hydrogen-bond acceptors (Lipinski definition) is 3. The third-order valence-electron chi connectivity index (χ3n) is 4.19. The number of benzene rings is 1. The van der Waals surface area contributed by atoms with Crippen LogP contribution in [0.5, 0.6) is 0 Å². The minimum absolute atomic E-state index is 0.608. The fourth-order valence-corrected chi connectivity index (χ4v) is 2.96. The maximum atomic E-state index is 3.86. The first-order valence-corrected chi connectivity index (χ1v) is 7.53. The van der Waals surface area contributed by atoms with E-state index in [-0.39, 0.29) is 0 Å². The lowest BCUT2D eigenvalue weighted by Gasteiger charge is -2.18. The summed E-state index contributed by atoms with van der Waals surface area (Å²) >= 11 is 0. The quantitative estimate of drug-likeness (QED) is 0.866. The van der Waals surface area contributed by atoms with Gasteiger partial charge in [0.2, 0.25) is 0 Å². The molecule has 0 aliphatic heterocycles. The minimum atomic E-state index is 0.608. The van der Waals surface area contributed by atoms with Crippen LogP contribution in [0.25, 0.3) is 5.69 Å². The van der Waals surface area contributed by atoms with Crippen molar-refractivity contribution in [2.24, 2.45) is 5.92 Å². The molecule has 4 heteroatoms. The number of nitrogens with zero attached hydrogens (tertiary/aromatic N) is 3. The van der Waals surface area contributed by atoms with Gasteiger partial charge in [-0.25, -0.2) is 0 Å². The molecular formula is C16H22N4. The van der Waals surface area contributed by atoms with Gasteiger partial charge in [-0.05, 0) is 43.4 Å². The number of aromatic nitrogens is 3. The number of rotatable bonds is 3. The molecule has 0 spiro atoms. The Kier molecular flexibility index (Phi) is 4.00. The van der Waals surface area contributed by atoms with Gasteiger partial charge < -0.3 is 5.32 Å². The lowest BCUT2D eigenvalue weighted by atomic mass is 10.0. The summed E-state index contributed by atoms with van der Waals surface area (Å²) in [6, 6.07) is 9.07. The topological polar surface area (TPSA) is 42.7 Å². The molecule has 1 aromatic heterocycles. The van der Waals surface area contributed by atoms with E-state index in [0.717, 1.165) is 11.6 Å². The highest BCUT2D eigenvalue weighted by atomic mass is 15.2. The molecule has 1 aliphatic carbocycles. The van der Waals surface area contributed by atoms with Crippen LogP contribution in [-0.4, -0.2) is 20.8 Å². The monoisotopic (exact) mass is 270 g/mol. The summed E-state index contributed by atoms with van der Waals surface area (Å²) in [5.41, 5.74) is 2.29. The summed E-state index contributed by atoms with van der Waals surface area (Å²) in [4.78, 5) is 0. The van der Waals surface area contributed by atoms with Crippen molar-refractivity contribution in [3.63, 3.8) is 0 Å². The maximum absolute atomic E-state index is 3.86. The Labute approximate surface area is 120 Å². The van der Waals surface area contributed by atoms with Crippen molar-refractivity contribution in [2.45, 2.75) is 45.1 Å². The predicted molar refractivity (Wildman–Crippen MR) is 81.0 cm³/mol. The second-order valence-electron chi connectivity index (χ2n) is 5.87. The predicted octanol–water partition coefficient (Wildman–Crippen LogP) is 3.65. The minimum Gasteiger partial charge on any atom is -0.382 e. The van der Waals surface area contributed by atoms with Gasteiger partial charge in [-0.2, -0.15) is 0 Å². The third kappa shape index (κ3) is 3.18. The first-order chi connectivity index (χ1) is 9.81. The van der Waals surface area contributed by atoms with Gasteiger partial charge in [-0.1, -0.05) is 25.8 Å². The summed E-state index contributed by atoms with van der Waals surface area (Å²) in [6.45, 7) is 2.37. The van der Waals surface area contributed by atoms with Crippen molar-refractivity contribution >= 4 is 5.69 Å². The van der Waals surface area contributed by atoms with Gasteiger partial charge in [0.15, 0.2) is 0 Å². The summed E-state index contributed by atoms with van der Waals surface area (Å²) in [5, 5.41) is 11.4. The van der Waals surface area contributed by atoms with Crippen molar-refractivity contribution in [1.29, 1.82) is 0 Å². The Bertz CT molecular complexity index is 535. The van der Waals surface area contributed by atoms with E-state index in [4.69, 9.17) is 0 Å². The van der Waals surface area contributed by atoms with E-state index in [1.807, 2.05) is 4.57 Å². The van der Waals surface area contributed by atoms with Crippen molar-refractivity contribution in [3.8, 4) is 5.69 Å². The van der Waals surface area contributed by atoms with E-state index < -0.39 is 0 Å². The van der Waals surface area contributed by atoms with Crippen molar-refractivity contribution < 1.29 is 0 Å². The fourth-order valence-electron chi connectivity index (χ4n) is 2.96. The SMILES string of the molecule is CC1CCCC(Nc2cccc(-n3cnnc3)c2)CC1. The van der Waals surface area contributed by atoms with Gasteiger partial charge >= 0.3 is 0 Å². The largest absolute Gasteiger partial charge is 0.382 e. The highest BCUT2D eigenvalue weighted by Gasteiger charge is 2.15. The van der Waals surface area contributed by atoms with Crippen LogP contribution in [0.2, 0.25) is 0 Å². The maximum Gasteiger partial charge on any atom is 0.123 e. The van der Waals surface area contributed by atoms with Crippen molar-refractivity contribution in [1.82, 2.24) is 14.8 Å². The molecule has 3 rings (SSSR count). The van der Waals surface area contributed by atoms with E-state index >= 15 is 0 Å². The molecule has 0 bridgehead atoms. The highest BCUT2D eigenvalue weighted by Crippen LogP contribution is 2.25. The average Bonchev–Trinajstić information content (AvgIpc) is 2.92. The first-order valence-electron chi connectivity index (χ1n) is 7.53. The highest BCUT2D eigenvalue weighted by molar-refractivity contribution is 5.51. The molecule has 1 heterocycles. The van der Waals surface area contributed by atoms with Gasteiger partial charge in [0.25, 0.3) is 0 Å². The molecule has 1 aromatic carbocycles. The third-order valence-corrected chi connectivity index (χ3v) is 4.19. The molecule has 0 amide bonds. The molecule has 1 saturated carbocycles. The zero-order valence-corrected chi connectivity index (χ0v) is 12.0. The summed E-state index contributed by atoms with van der Waals surface area (Å²) < 4.78 is 1.93. The molecule has 1 fully saturated rings. The van der Waals surface area contributed by atoms with E-state index in [1.165, 1.54) is 37.8 Å². The van der Waals surface area contributed by atoms with E-state index in [1.54, 1.807) is 12.7 Å². The molecule has 0 radical (unpaired) electrons. The van der Waals surface area contributed by atoms with Crippen LogP contribution < -0.4 is 5.32 Å². The molecule has 106 valence electrons. The molecule has 1 N–H and O–H groups in total. The van der Waals surface area contributed by atoms with E-state index in [2.05, 4.69) is 46.7 Å². The normalized spacial score (nSPS) is 23.2. The smallest absolute Gasteiger partial charge is 0.123 e. The zero-order chi connectivity index (χ0) is 13.8. The van der Waals surface area contributed by atoms with Crippen LogP contribution in [0.1, 0.15) is 39.0 Å². The van der Waals surface area contributed by atoms with E-state index in [0.29, 0.717) is 6.04 Å². The molecule has 2 atom stereocenters. The second kappa shape index (κ2) is 6.07. The number of hydrogen-bond donors (Lipinski definition) is 1. The van der Waals surface area contributed by atoms with Crippen molar-refractivity contribution in [3.05, 3.63) is 36.9 Å². The Morgan fingerprint density at radius 2 is 1.95 bits per heavy atom. The summed E-state index contributed by atoms with van der Waals surface area (Å²) in [5.74, 6) is 0.880. The average molecular weight is 270 g/mol. The Hall–Kier alpha value is -1.84. The summed E-state index contributed by atoms with van der Waals surface area (Å²) in [7, 11) is 0. The van der Waals surface area contributed by atoms with Gasteiger partial charge in [0, 0.05) is 11.7 Å². The first kappa shape index (κ1) is 13.2. The second-order valence-corrected chi connectivity index (χ2v) is 5.87. The number of nitrogens with one attached hydrogen (secondary N) is 1. The zero-order valence-electron chi connectivity index (χ0n) is 12.0. The van der Waals surface area contributed by atoms with E-state index in [9.17, 15) is 0 Å².